The quantitative estimate of drug-likeness (QED) is 0.823. The van der Waals surface area contributed by atoms with Gasteiger partial charge in [0.25, 0.3) is 0 Å². The molecule has 0 saturated heterocycles. The Bertz CT molecular complexity index is 752. The van der Waals surface area contributed by atoms with E-state index < -0.39 is 40.7 Å². The fourth-order valence-electron chi connectivity index (χ4n) is 1.98. The lowest BCUT2D eigenvalue weighted by atomic mass is 9.99. The molecule has 2 aromatic rings. The van der Waals surface area contributed by atoms with Crippen LogP contribution in [0.4, 0.5) is 26.3 Å². The summed E-state index contributed by atoms with van der Waals surface area (Å²) < 4.78 is 76.8. The smallest absolute Gasteiger partial charge is 0.417 e. The van der Waals surface area contributed by atoms with Gasteiger partial charge in [-0.2, -0.15) is 26.3 Å². The Morgan fingerprint density at radius 3 is 2.17 bits per heavy atom. The fraction of sp³-hybridized carbons (Fsp3) is 0.143. The number of rotatable bonds is 2. The van der Waals surface area contributed by atoms with Gasteiger partial charge in [-0.05, 0) is 18.2 Å². The van der Waals surface area contributed by atoms with Crippen molar-refractivity contribution in [2.45, 2.75) is 12.4 Å². The van der Waals surface area contributed by atoms with E-state index in [9.17, 15) is 31.1 Å². The average molecular weight is 335 g/mol. The minimum absolute atomic E-state index is 0.372. The third kappa shape index (κ3) is 3.43. The summed E-state index contributed by atoms with van der Waals surface area (Å²) in [6, 6.07) is 3.75. The van der Waals surface area contributed by atoms with Crippen LogP contribution in [-0.4, -0.2) is 16.1 Å². The number of halogens is 6. The van der Waals surface area contributed by atoms with Gasteiger partial charge in [0.15, 0.2) is 0 Å². The molecule has 23 heavy (non-hydrogen) atoms. The number of hydrogen-bond donors (Lipinski definition) is 1. The first-order chi connectivity index (χ1) is 10.5. The molecule has 1 heterocycles. The number of nitrogens with zero attached hydrogens (tertiary/aromatic N) is 1. The predicted octanol–water partition coefficient (Wildman–Crippen LogP) is 4.48. The topological polar surface area (TPSA) is 50.2 Å². The van der Waals surface area contributed by atoms with Gasteiger partial charge < -0.3 is 5.11 Å². The molecule has 0 aliphatic heterocycles. The minimum atomic E-state index is -4.98. The van der Waals surface area contributed by atoms with Crippen LogP contribution in [0.15, 0.2) is 36.5 Å². The summed E-state index contributed by atoms with van der Waals surface area (Å²) in [6.07, 6.45) is -9.00. The molecule has 2 rings (SSSR count). The first-order valence-electron chi connectivity index (χ1n) is 5.99. The molecule has 1 aromatic carbocycles. The van der Waals surface area contributed by atoms with E-state index in [1.807, 2.05) is 0 Å². The maximum atomic E-state index is 12.9. The van der Waals surface area contributed by atoms with Crippen molar-refractivity contribution in [3.63, 3.8) is 0 Å². The van der Waals surface area contributed by atoms with Gasteiger partial charge in [-0.1, -0.05) is 12.1 Å². The fourth-order valence-corrected chi connectivity index (χ4v) is 1.98. The highest BCUT2D eigenvalue weighted by molar-refractivity contribution is 5.96. The third-order valence-corrected chi connectivity index (χ3v) is 2.93. The van der Waals surface area contributed by atoms with Crippen LogP contribution >= 0.6 is 0 Å². The summed E-state index contributed by atoms with van der Waals surface area (Å²) in [5.74, 6) is -1.93. The molecular formula is C14H7F6NO2. The first kappa shape index (κ1) is 16.8. The Hall–Kier alpha value is -2.58. The first-order valence-corrected chi connectivity index (χ1v) is 5.99. The molecule has 1 N–H and O–H groups in total. The van der Waals surface area contributed by atoms with Crippen molar-refractivity contribution in [1.82, 2.24) is 4.98 Å². The van der Waals surface area contributed by atoms with Gasteiger partial charge in [0.2, 0.25) is 0 Å². The molecule has 0 saturated carbocycles. The van der Waals surface area contributed by atoms with E-state index in [4.69, 9.17) is 5.11 Å². The van der Waals surface area contributed by atoms with E-state index in [2.05, 4.69) is 4.98 Å². The van der Waals surface area contributed by atoms with Crippen LogP contribution in [0.5, 0.6) is 0 Å². The second-order valence-corrected chi connectivity index (χ2v) is 4.46. The van der Waals surface area contributed by atoms with Gasteiger partial charge in [-0.3, -0.25) is 4.98 Å². The lowest BCUT2D eigenvalue weighted by Crippen LogP contribution is -2.15. The number of alkyl halides is 6. The molecule has 0 atom stereocenters. The zero-order valence-corrected chi connectivity index (χ0v) is 11.0. The van der Waals surface area contributed by atoms with Crippen LogP contribution in [-0.2, 0) is 12.4 Å². The van der Waals surface area contributed by atoms with Crippen LogP contribution in [0, 0.1) is 0 Å². The number of pyridine rings is 1. The van der Waals surface area contributed by atoms with Crippen molar-refractivity contribution in [3.05, 3.63) is 53.2 Å². The molecule has 9 heteroatoms. The average Bonchev–Trinajstić information content (AvgIpc) is 2.44. The van der Waals surface area contributed by atoms with Crippen molar-refractivity contribution in [2.75, 3.05) is 0 Å². The summed E-state index contributed by atoms with van der Waals surface area (Å²) in [5.41, 5.74) is -4.85. The highest BCUT2D eigenvalue weighted by atomic mass is 19.4. The molecule has 3 nitrogen and oxygen atoms in total. The number of carboxylic acid groups (broad SMARTS) is 1. The standard InChI is InChI=1S/C14H7F6NO2/c15-13(16,17)8-3-1-2-7(6-8)11-10(12(22)23)9(4-5-21-11)14(18,19)20/h1-6H,(H,22,23). The highest BCUT2D eigenvalue weighted by Gasteiger charge is 2.37. The number of aromatic nitrogens is 1. The summed E-state index contributed by atoms with van der Waals surface area (Å²) in [7, 11) is 0. The van der Waals surface area contributed by atoms with Gasteiger partial charge >= 0.3 is 18.3 Å². The molecule has 0 unspecified atom stereocenters. The number of benzene rings is 1. The number of hydrogen-bond acceptors (Lipinski definition) is 2. The van der Waals surface area contributed by atoms with E-state index in [1.165, 1.54) is 0 Å². The van der Waals surface area contributed by atoms with E-state index in [0.29, 0.717) is 18.3 Å². The van der Waals surface area contributed by atoms with Crippen molar-refractivity contribution >= 4 is 5.97 Å². The van der Waals surface area contributed by atoms with E-state index in [0.717, 1.165) is 18.2 Å². The summed E-state index contributed by atoms with van der Waals surface area (Å²) in [6.45, 7) is 0. The largest absolute Gasteiger partial charge is 0.478 e. The zero-order chi connectivity index (χ0) is 17.4. The van der Waals surface area contributed by atoms with E-state index in [-0.39, 0.29) is 5.56 Å². The van der Waals surface area contributed by atoms with Crippen LogP contribution in [0.25, 0.3) is 11.3 Å². The normalized spacial score (nSPS) is 12.3. The molecule has 0 amide bonds. The molecule has 0 aliphatic rings. The summed E-state index contributed by atoms with van der Waals surface area (Å²) >= 11 is 0. The molecule has 0 bridgehead atoms. The van der Waals surface area contributed by atoms with Gasteiger partial charge in [0.05, 0.1) is 22.4 Å². The number of aromatic carboxylic acids is 1. The lowest BCUT2D eigenvalue weighted by Gasteiger charge is -2.14. The minimum Gasteiger partial charge on any atom is -0.478 e. The van der Waals surface area contributed by atoms with Crippen molar-refractivity contribution in [1.29, 1.82) is 0 Å². The van der Waals surface area contributed by atoms with Crippen LogP contribution in [0.1, 0.15) is 21.5 Å². The third-order valence-electron chi connectivity index (χ3n) is 2.93. The van der Waals surface area contributed by atoms with Crippen molar-refractivity contribution in [3.8, 4) is 11.3 Å². The maximum absolute atomic E-state index is 12.9. The van der Waals surface area contributed by atoms with Gasteiger partial charge in [-0.25, -0.2) is 4.79 Å². The van der Waals surface area contributed by atoms with E-state index >= 15 is 0 Å². The Balaban J connectivity index is 2.72. The van der Waals surface area contributed by atoms with E-state index in [1.54, 1.807) is 0 Å². The molecule has 122 valence electrons. The molecule has 0 spiro atoms. The van der Waals surface area contributed by atoms with Gasteiger partial charge in [0, 0.05) is 11.8 Å². The predicted molar refractivity (Wildman–Crippen MR) is 66.6 cm³/mol. The lowest BCUT2D eigenvalue weighted by molar-refractivity contribution is -0.138. The number of carboxylic acids is 1. The van der Waals surface area contributed by atoms with Crippen LogP contribution in [0.3, 0.4) is 0 Å². The number of carbonyl (C=O) groups is 1. The van der Waals surface area contributed by atoms with Crippen molar-refractivity contribution < 1.29 is 36.2 Å². The van der Waals surface area contributed by atoms with Crippen LogP contribution < -0.4 is 0 Å². The monoisotopic (exact) mass is 335 g/mol. The second kappa shape index (κ2) is 5.56. The maximum Gasteiger partial charge on any atom is 0.417 e. The Kier molecular flexibility index (Phi) is 4.06. The molecule has 0 aliphatic carbocycles. The zero-order valence-electron chi connectivity index (χ0n) is 11.0. The highest BCUT2D eigenvalue weighted by Crippen LogP contribution is 2.37. The Labute approximate surface area is 125 Å². The second-order valence-electron chi connectivity index (χ2n) is 4.46. The van der Waals surface area contributed by atoms with Gasteiger partial charge in [0.1, 0.15) is 0 Å². The Morgan fingerprint density at radius 1 is 1.00 bits per heavy atom. The summed E-state index contributed by atoms with van der Waals surface area (Å²) in [5, 5.41) is 9.04. The molecule has 0 radical (unpaired) electrons. The van der Waals surface area contributed by atoms with Gasteiger partial charge in [-0.15, -0.1) is 0 Å². The SMILES string of the molecule is O=C(O)c1c(C(F)(F)F)ccnc1-c1cccc(C(F)(F)F)c1. The molecular weight excluding hydrogens is 328 g/mol. The molecule has 1 aromatic heterocycles. The Morgan fingerprint density at radius 2 is 1.65 bits per heavy atom. The van der Waals surface area contributed by atoms with Crippen LogP contribution in [0.2, 0.25) is 0 Å². The molecule has 0 fully saturated rings. The summed E-state index contributed by atoms with van der Waals surface area (Å²) in [4.78, 5) is 14.7. The van der Waals surface area contributed by atoms with Crippen molar-refractivity contribution in [2.24, 2.45) is 0 Å².